The molecule has 2 heterocycles. The lowest BCUT2D eigenvalue weighted by Crippen LogP contribution is -1.99. The molecule has 0 amide bonds. The van der Waals surface area contributed by atoms with Gasteiger partial charge in [-0.05, 0) is 31.2 Å². The van der Waals surface area contributed by atoms with Crippen LogP contribution in [0.25, 0.3) is 9.40 Å². The zero-order valence-electron chi connectivity index (χ0n) is 9.54. The van der Waals surface area contributed by atoms with Crippen molar-refractivity contribution in [3.63, 3.8) is 0 Å². The standard InChI is InChI=1S/C11H12O2S3/c1-5-7-8(6(2)11(14-4)16-7)15-9(5)10(12)13-3/h1-4H3. The molecule has 0 N–H and O–H groups in total. The zero-order valence-corrected chi connectivity index (χ0v) is 12.0. The molecule has 0 aliphatic carbocycles. The largest absolute Gasteiger partial charge is 0.465 e. The summed E-state index contributed by atoms with van der Waals surface area (Å²) in [5, 5.41) is 0. The van der Waals surface area contributed by atoms with Crippen molar-refractivity contribution in [2.45, 2.75) is 18.1 Å². The average Bonchev–Trinajstić information content (AvgIpc) is 2.77. The van der Waals surface area contributed by atoms with Crippen molar-refractivity contribution >= 4 is 49.8 Å². The molecule has 16 heavy (non-hydrogen) atoms. The molecule has 0 saturated carbocycles. The van der Waals surface area contributed by atoms with E-state index < -0.39 is 0 Å². The molecule has 86 valence electrons. The van der Waals surface area contributed by atoms with Crippen molar-refractivity contribution in [2.75, 3.05) is 13.4 Å². The van der Waals surface area contributed by atoms with Gasteiger partial charge >= 0.3 is 5.97 Å². The summed E-state index contributed by atoms with van der Waals surface area (Å²) in [5.41, 5.74) is 2.34. The minimum atomic E-state index is -0.226. The van der Waals surface area contributed by atoms with Crippen molar-refractivity contribution < 1.29 is 9.53 Å². The van der Waals surface area contributed by atoms with Gasteiger partial charge in [-0.15, -0.1) is 34.4 Å². The summed E-state index contributed by atoms with van der Waals surface area (Å²) in [6.45, 7) is 4.10. The Kier molecular flexibility index (Phi) is 3.28. The molecule has 0 aromatic carbocycles. The van der Waals surface area contributed by atoms with E-state index in [2.05, 4.69) is 13.2 Å². The molecule has 0 fully saturated rings. The second-order valence-electron chi connectivity index (χ2n) is 3.42. The van der Waals surface area contributed by atoms with Gasteiger partial charge in [-0.25, -0.2) is 4.79 Å². The lowest BCUT2D eigenvalue weighted by atomic mass is 10.2. The number of hydrogen-bond acceptors (Lipinski definition) is 5. The van der Waals surface area contributed by atoms with Gasteiger partial charge in [0.25, 0.3) is 0 Å². The summed E-state index contributed by atoms with van der Waals surface area (Å²) >= 11 is 5.07. The third kappa shape index (κ3) is 1.67. The molecule has 0 bridgehead atoms. The molecule has 0 atom stereocenters. The maximum absolute atomic E-state index is 11.6. The van der Waals surface area contributed by atoms with Crippen LogP contribution in [-0.4, -0.2) is 19.3 Å². The summed E-state index contributed by atoms with van der Waals surface area (Å²) in [4.78, 5) is 12.3. The zero-order chi connectivity index (χ0) is 11.9. The molecule has 2 rings (SSSR count). The van der Waals surface area contributed by atoms with Gasteiger partial charge in [-0.2, -0.15) is 0 Å². The molecule has 0 saturated heterocycles. The molecule has 2 nitrogen and oxygen atoms in total. The van der Waals surface area contributed by atoms with Crippen LogP contribution in [0.1, 0.15) is 20.8 Å². The predicted molar refractivity (Wildman–Crippen MR) is 72.3 cm³/mol. The molecule has 5 heteroatoms. The van der Waals surface area contributed by atoms with Gasteiger partial charge in [0.15, 0.2) is 0 Å². The second kappa shape index (κ2) is 4.39. The number of thiophene rings is 2. The van der Waals surface area contributed by atoms with E-state index >= 15 is 0 Å². The number of esters is 1. The van der Waals surface area contributed by atoms with Crippen molar-refractivity contribution in [1.82, 2.24) is 0 Å². The first-order valence-corrected chi connectivity index (χ1v) is 7.60. The third-order valence-corrected chi connectivity index (χ3v) is 6.64. The van der Waals surface area contributed by atoms with Crippen molar-refractivity contribution in [3.8, 4) is 0 Å². The first-order valence-electron chi connectivity index (χ1n) is 4.75. The van der Waals surface area contributed by atoms with Gasteiger partial charge in [-0.1, -0.05) is 0 Å². The summed E-state index contributed by atoms with van der Waals surface area (Å²) in [5.74, 6) is -0.226. The van der Waals surface area contributed by atoms with Gasteiger partial charge in [0, 0.05) is 0 Å². The Morgan fingerprint density at radius 2 is 1.81 bits per heavy atom. The Balaban J connectivity index is 2.67. The van der Waals surface area contributed by atoms with Crippen LogP contribution in [0.5, 0.6) is 0 Å². The number of thioether (sulfide) groups is 1. The van der Waals surface area contributed by atoms with Crippen LogP contribution in [0, 0.1) is 13.8 Å². The van der Waals surface area contributed by atoms with E-state index in [1.54, 1.807) is 34.4 Å². The average molecular weight is 272 g/mol. The third-order valence-electron chi connectivity index (χ3n) is 2.49. The van der Waals surface area contributed by atoms with Gasteiger partial charge in [0.05, 0.1) is 20.7 Å². The van der Waals surface area contributed by atoms with E-state index in [1.165, 1.54) is 26.3 Å². The summed E-state index contributed by atoms with van der Waals surface area (Å²) in [6, 6.07) is 0. The number of carbonyl (C=O) groups excluding carboxylic acids is 1. The van der Waals surface area contributed by atoms with Gasteiger partial charge in [0.1, 0.15) is 4.88 Å². The monoisotopic (exact) mass is 272 g/mol. The number of methoxy groups -OCH3 is 1. The topological polar surface area (TPSA) is 26.3 Å². The van der Waals surface area contributed by atoms with E-state index in [1.807, 2.05) is 6.92 Å². The van der Waals surface area contributed by atoms with Crippen LogP contribution < -0.4 is 0 Å². The van der Waals surface area contributed by atoms with E-state index in [0.717, 1.165) is 10.4 Å². The minimum absolute atomic E-state index is 0.226. The molecule has 0 aliphatic heterocycles. The summed E-state index contributed by atoms with van der Waals surface area (Å²) in [6.07, 6.45) is 2.08. The fraction of sp³-hybridized carbons (Fsp3) is 0.364. The fourth-order valence-electron chi connectivity index (χ4n) is 1.61. The highest BCUT2D eigenvalue weighted by Crippen LogP contribution is 2.43. The molecular formula is C11H12O2S3. The Hall–Kier alpha value is -0.520. The van der Waals surface area contributed by atoms with Gasteiger partial charge in [-0.3, -0.25) is 0 Å². The van der Waals surface area contributed by atoms with Crippen LogP contribution in [0.2, 0.25) is 0 Å². The van der Waals surface area contributed by atoms with E-state index in [4.69, 9.17) is 4.74 Å². The highest BCUT2D eigenvalue weighted by molar-refractivity contribution is 8.00. The maximum Gasteiger partial charge on any atom is 0.348 e. The Labute approximate surface area is 107 Å². The van der Waals surface area contributed by atoms with Crippen molar-refractivity contribution in [2.24, 2.45) is 0 Å². The van der Waals surface area contributed by atoms with Crippen LogP contribution in [-0.2, 0) is 4.74 Å². The summed E-state index contributed by atoms with van der Waals surface area (Å²) < 4.78 is 8.58. The molecule has 0 radical (unpaired) electrons. The normalized spacial score (nSPS) is 11.0. The number of fused-ring (bicyclic) bond motifs is 1. The number of hydrogen-bond donors (Lipinski definition) is 0. The Bertz CT molecular complexity index is 551. The number of ether oxygens (including phenoxy) is 1. The lowest BCUT2D eigenvalue weighted by Gasteiger charge is -1.96. The first-order chi connectivity index (χ1) is 7.60. The highest BCUT2D eigenvalue weighted by Gasteiger charge is 2.20. The Morgan fingerprint density at radius 3 is 2.31 bits per heavy atom. The summed E-state index contributed by atoms with van der Waals surface area (Å²) in [7, 11) is 1.43. The highest BCUT2D eigenvalue weighted by atomic mass is 32.2. The molecule has 2 aromatic heterocycles. The van der Waals surface area contributed by atoms with E-state index in [-0.39, 0.29) is 5.97 Å². The molecular weight excluding hydrogens is 260 g/mol. The van der Waals surface area contributed by atoms with Crippen LogP contribution >= 0.6 is 34.4 Å². The Morgan fingerprint density at radius 1 is 1.19 bits per heavy atom. The van der Waals surface area contributed by atoms with Crippen LogP contribution in [0.4, 0.5) is 0 Å². The van der Waals surface area contributed by atoms with Crippen molar-refractivity contribution in [1.29, 1.82) is 0 Å². The molecule has 2 aromatic rings. The van der Waals surface area contributed by atoms with Crippen molar-refractivity contribution in [3.05, 3.63) is 16.0 Å². The van der Waals surface area contributed by atoms with Crippen LogP contribution in [0.3, 0.4) is 0 Å². The van der Waals surface area contributed by atoms with E-state index in [0.29, 0.717) is 0 Å². The number of aryl methyl sites for hydroxylation is 2. The quantitative estimate of drug-likeness (QED) is 0.608. The second-order valence-corrected chi connectivity index (χ2v) is 6.54. The lowest BCUT2D eigenvalue weighted by molar-refractivity contribution is 0.0605. The fourth-order valence-corrected chi connectivity index (χ4v) is 5.12. The SMILES string of the molecule is COC(=O)c1sc2c(C)c(SC)sc2c1C. The van der Waals surface area contributed by atoms with Gasteiger partial charge < -0.3 is 4.74 Å². The molecule has 0 spiro atoms. The first kappa shape index (κ1) is 12.0. The number of carbonyl (C=O) groups is 1. The molecule has 0 aliphatic rings. The van der Waals surface area contributed by atoms with E-state index in [9.17, 15) is 4.79 Å². The smallest absolute Gasteiger partial charge is 0.348 e. The minimum Gasteiger partial charge on any atom is -0.465 e. The molecule has 0 unspecified atom stereocenters. The van der Waals surface area contributed by atoms with Gasteiger partial charge in [0.2, 0.25) is 0 Å². The maximum atomic E-state index is 11.6. The predicted octanol–water partition coefficient (Wildman–Crippen LogP) is 4.09. The number of rotatable bonds is 2. The van der Waals surface area contributed by atoms with Crippen LogP contribution in [0.15, 0.2) is 4.21 Å².